The van der Waals surface area contributed by atoms with Gasteiger partial charge in [0.2, 0.25) is 0 Å². The van der Waals surface area contributed by atoms with Crippen LogP contribution >= 0.6 is 24.0 Å². The standard InChI is InChI=1S/C8H8O2.HI/c1-6-3-2-4-7(5-6)8(9)10;/h2-5H,1H3,(H,9,10);1H. The van der Waals surface area contributed by atoms with Crippen LogP contribution in [-0.4, -0.2) is 11.1 Å². The topological polar surface area (TPSA) is 37.3 Å². The summed E-state index contributed by atoms with van der Waals surface area (Å²) >= 11 is 0. The third-order valence-electron chi connectivity index (χ3n) is 1.27. The zero-order chi connectivity index (χ0) is 7.56. The lowest BCUT2D eigenvalue weighted by Crippen LogP contribution is -1.95. The molecule has 0 bridgehead atoms. The number of benzene rings is 1. The normalized spacial score (nSPS) is 8.45. The Morgan fingerprint density at radius 2 is 2.09 bits per heavy atom. The van der Waals surface area contributed by atoms with E-state index in [9.17, 15) is 4.79 Å². The van der Waals surface area contributed by atoms with Crippen molar-refractivity contribution in [2.45, 2.75) is 6.92 Å². The minimum absolute atomic E-state index is 0. The molecule has 0 aliphatic carbocycles. The van der Waals surface area contributed by atoms with Gasteiger partial charge in [0.1, 0.15) is 0 Å². The molecule has 0 saturated carbocycles. The lowest BCUT2D eigenvalue weighted by molar-refractivity contribution is 0.0697. The molecule has 2 nitrogen and oxygen atoms in total. The molecule has 0 aliphatic heterocycles. The second-order valence-corrected chi connectivity index (χ2v) is 2.17. The van der Waals surface area contributed by atoms with Crippen molar-refractivity contribution in [2.75, 3.05) is 0 Å². The maximum absolute atomic E-state index is 10.4. The second kappa shape index (κ2) is 4.33. The van der Waals surface area contributed by atoms with E-state index in [-0.39, 0.29) is 24.0 Å². The first kappa shape index (κ1) is 10.4. The number of aromatic carboxylic acids is 1. The fourth-order valence-electron chi connectivity index (χ4n) is 0.778. The van der Waals surface area contributed by atoms with Gasteiger partial charge in [-0.2, -0.15) is 0 Å². The molecule has 0 heterocycles. The zero-order valence-electron chi connectivity index (χ0n) is 6.07. The summed E-state index contributed by atoms with van der Waals surface area (Å²) in [6.45, 7) is 1.87. The number of carboxylic acid groups (broad SMARTS) is 1. The number of aryl methyl sites for hydroxylation is 1. The Labute approximate surface area is 82.3 Å². The minimum atomic E-state index is -0.872. The van der Waals surface area contributed by atoms with E-state index in [0.29, 0.717) is 5.56 Å². The Bertz CT molecular complexity index is 258. The highest BCUT2D eigenvalue weighted by molar-refractivity contribution is 14.0. The molecule has 3 heteroatoms. The SMILES string of the molecule is Cc1cccc(C(=O)O)c1.I. The summed E-state index contributed by atoms with van der Waals surface area (Å²) in [4.78, 5) is 10.4. The van der Waals surface area contributed by atoms with Gasteiger partial charge < -0.3 is 5.11 Å². The van der Waals surface area contributed by atoms with Crippen molar-refractivity contribution in [1.82, 2.24) is 0 Å². The van der Waals surface area contributed by atoms with Gasteiger partial charge in [0.25, 0.3) is 0 Å². The van der Waals surface area contributed by atoms with Crippen molar-refractivity contribution >= 4 is 29.9 Å². The van der Waals surface area contributed by atoms with Crippen molar-refractivity contribution in [3.8, 4) is 0 Å². The largest absolute Gasteiger partial charge is 0.478 e. The molecular formula is C8H9IO2. The van der Waals surface area contributed by atoms with Crippen molar-refractivity contribution < 1.29 is 9.90 Å². The van der Waals surface area contributed by atoms with E-state index in [1.54, 1.807) is 18.2 Å². The van der Waals surface area contributed by atoms with Crippen LogP contribution in [0.5, 0.6) is 0 Å². The van der Waals surface area contributed by atoms with Crippen LogP contribution in [0.25, 0.3) is 0 Å². The van der Waals surface area contributed by atoms with Crippen molar-refractivity contribution in [3.05, 3.63) is 35.4 Å². The van der Waals surface area contributed by atoms with Gasteiger partial charge in [0, 0.05) is 0 Å². The van der Waals surface area contributed by atoms with Crippen LogP contribution in [-0.2, 0) is 0 Å². The first-order chi connectivity index (χ1) is 4.70. The smallest absolute Gasteiger partial charge is 0.335 e. The molecule has 60 valence electrons. The van der Waals surface area contributed by atoms with Gasteiger partial charge in [-0.1, -0.05) is 17.7 Å². The van der Waals surface area contributed by atoms with Crippen LogP contribution in [0.3, 0.4) is 0 Å². The molecule has 0 unspecified atom stereocenters. The van der Waals surface area contributed by atoms with E-state index >= 15 is 0 Å². The Morgan fingerprint density at radius 1 is 1.45 bits per heavy atom. The van der Waals surface area contributed by atoms with Gasteiger partial charge in [-0.3, -0.25) is 0 Å². The molecule has 1 rings (SSSR count). The summed E-state index contributed by atoms with van der Waals surface area (Å²) in [5.41, 5.74) is 1.32. The van der Waals surface area contributed by atoms with Crippen LogP contribution in [0, 0.1) is 6.92 Å². The first-order valence-corrected chi connectivity index (χ1v) is 3.00. The maximum Gasteiger partial charge on any atom is 0.335 e. The highest BCUT2D eigenvalue weighted by Gasteiger charge is 1.99. The summed E-state index contributed by atoms with van der Waals surface area (Å²) in [7, 11) is 0. The predicted molar refractivity (Wildman–Crippen MR) is 53.6 cm³/mol. The van der Waals surface area contributed by atoms with E-state index < -0.39 is 5.97 Å². The molecule has 0 amide bonds. The Balaban J connectivity index is 0.000001000. The molecule has 0 saturated heterocycles. The monoisotopic (exact) mass is 264 g/mol. The zero-order valence-corrected chi connectivity index (χ0v) is 8.40. The lowest BCUT2D eigenvalue weighted by atomic mass is 10.1. The van der Waals surface area contributed by atoms with Gasteiger partial charge in [-0.05, 0) is 19.1 Å². The molecule has 1 aromatic carbocycles. The second-order valence-electron chi connectivity index (χ2n) is 2.17. The minimum Gasteiger partial charge on any atom is -0.478 e. The molecule has 11 heavy (non-hydrogen) atoms. The number of carboxylic acids is 1. The fraction of sp³-hybridized carbons (Fsp3) is 0.125. The van der Waals surface area contributed by atoms with Crippen LogP contribution in [0.2, 0.25) is 0 Å². The summed E-state index contributed by atoms with van der Waals surface area (Å²) < 4.78 is 0. The lowest BCUT2D eigenvalue weighted by Gasteiger charge is -1.93. The van der Waals surface area contributed by atoms with Gasteiger partial charge in [-0.15, -0.1) is 24.0 Å². The molecule has 1 aromatic rings. The van der Waals surface area contributed by atoms with Crippen LogP contribution in [0.4, 0.5) is 0 Å². The van der Waals surface area contributed by atoms with E-state index in [0.717, 1.165) is 5.56 Å². The molecule has 0 atom stereocenters. The molecule has 0 fully saturated rings. The van der Waals surface area contributed by atoms with Crippen molar-refractivity contribution in [1.29, 1.82) is 0 Å². The molecular weight excluding hydrogens is 255 g/mol. The molecule has 0 aliphatic rings. The quantitative estimate of drug-likeness (QED) is 0.790. The highest BCUT2D eigenvalue weighted by Crippen LogP contribution is 2.02. The Hall–Kier alpha value is -0.580. The molecule has 1 N–H and O–H groups in total. The van der Waals surface area contributed by atoms with Crippen LogP contribution < -0.4 is 0 Å². The van der Waals surface area contributed by atoms with Gasteiger partial charge in [0.15, 0.2) is 0 Å². The summed E-state index contributed by atoms with van der Waals surface area (Å²) in [6.07, 6.45) is 0. The number of hydrogen-bond donors (Lipinski definition) is 1. The predicted octanol–water partition coefficient (Wildman–Crippen LogP) is 2.31. The Morgan fingerprint density at radius 3 is 2.45 bits per heavy atom. The first-order valence-electron chi connectivity index (χ1n) is 3.00. The molecule has 0 spiro atoms. The van der Waals surface area contributed by atoms with Crippen molar-refractivity contribution in [3.63, 3.8) is 0 Å². The summed E-state index contributed by atoms with van der Waals surface area (Å²) in [6, 6.07) is 6.82. The van der Waals surface area contributed by atoms with E-state index in [1.807, 2.05) is 13.0 Å². The third-order valence-corrected chi connectivity index (χ3v) is 1.27. The van der Waals surface area contributed by atoms with Crippen LogP contribution in [0.15, 0.2) is 24.3 Å². The maximum atomic E-state index is 10.4. The van der Waals surface area contributed by atoms with E-state index in [2.05, 4.69) is 0 Å². The van der Waals surface area contributed by atoms with E-state index in [1.165, 1.54) is 0 Å². The Kier molecular flexibility index (Phi) is 4.10. The van der Waals surface area contributed by atoms with Crippen LogP contribution in [0.1, 0.15) is 15.9 Å². The van der Waals surface area contributed by atoms with Gasteiger partial charge in [-0.25, -0.2) is 4.79 Å². The number of carbonyl (C=O) groups is 1. The fourth-order valence-corrected chi connectivity index (χ4v) is 0.778. The number of rotatable bonds is 1. The van der Waals surface area contributed by atoms with Gasteiger partial charge in [0.05, 0.1) is 5.56 Å². The van der Waals surface area contributed by atoms with Gasteiger partial charge >= 0.3 is 5.97 Å². The molecule has 0 aromatic heterocycles. The highest BCUT2D eigenvalue weighted by atomic mass is 127. The summed E-state index contributed by atoms with van der Waals surface area (Å²) in [5, 5.41) is 8.51. The average molecular weight is 264 g/mol. The summed E-state index contributed by atoms with van der Waals surface area (Å²) in [5.74, 6) is -0.872. The average Bonchev–Trinajstić information content (AvgIpc) is 1.88. The van der Waals surface area contributed by atoms with Crippen molar-refractivity contribution in [2.24, 2.45) is 0 Å². The number of halogens is 1. The van der Waals surface area contributed by atoms with E-state index in [4.69, 9.17) is 5.11 Å². The number of hydrogen-bond acceptors (Lipinski definition) is 1. The molecule has 0 radical (unpaired) electrons. The third kappa shape index (κ3) is 2.88.